The van der Waals surface area contributed by atoms with Crippen LogP contribution in [0.15, 0.2) is 22.7 Å². The van der Waals surface area contributed by atoms with Crippen LogP contribution in [0.2, 0.25) is 0 Å². The van der Waals surface area contributed by atoms with E-state index in [0.717, 1.165) is 0 Å². The lowest BCUT2D eigenvalue weighted by Gasteiger charge is -2.18. The first-order valence-corrected chi connectivity index (χ1v) is 5.21. The minimum Gasteiger partial charge on any atom is -0.496 e. The summed E-state index contributed by atoms with van der Waals surface area (Å²) in [6.45, 7) is -0.114. The highest BCUT2D eigenvalue weighted by atomic mass is 79.9. The van der Waals surface area contributed by atoms with Crippen LogP contribution >= 0.6 is 15.9 Å². The van der Waals surface area contributed by atoms with Crippen LogP contribution in [0.5, 0.6) is 5.75 Å². The smallest absolute Gasteiger partial charge is 0.246 e. The van der Waals surface area contributed by atoms with Crippen molar-refractivity contribution in [2.75, 3.05) is 13.7 Å². The first kappa shape index (κ1) is 12.4. The van der Waals surface area contributed by atoms with E-state index in [-0.39, 0.29) is 6.54 Å². The molecule has 0 aliphatic heterocycles. The fraction of sp³-hybridized carbons (Fsp3) is 0.400. The monoisotopic (exact) mass is 279 g/mol. The minimum absolute atomic E-state index is 0.114. The van der Waals surface area contributed by atoms with Crippen LogP contribution in [0.25, 0.3) is 0 Å². The predicted molar refractivity (Wildman–Crippen MR) is 58.5 cm³/mol. The third-order valence-electron chi connectivity index (χ3n) is 2.16. The summed E-state index contributed by atoms with van der Waals surface area (Å²) in [5, 5.41) is 0. The number of benzene rings is 1. The van der Waals surface area contributed by atoms with E-state index < -0.39 is 12.3 Å². The van der Waals surface area contributed by atoms with Crippen LogP contribution in [0.1, 0.15) is 11.5 Å². The van der Waals surface area contributed by atoms with E-state index in [2.05, 4.69) is 15.9 Å². The molecule has 84 valence electrons. The predicted octanol–water partition coefficient (Wildman–Crippen LogP) is 2.77. The summed E-state index contributed by atoms with van der Waals surface area (Å²) in [6.07, 6.45) is -2.50. The van der Waals surface area contributed by atoms with Crippen molar-refractivity contribution in [1.29, 1.82) is 0 Å². The highest BCUT2D eigenvalue weighted by molar-refractivity contribution is 9.10. The van der Waals surface area contributed by atoms with Crippen molar-refractivity contribution in [3.8, 4) is 5.75 Å². The van der Waals surface area contributed by atoms with Crippen molar-refractivity contribution in [2.45, 2.75) is 12.3 Å². The van der Waals surface area contributed by atoms with Crippen LogP contribution in [-0.4, -0.2) is 20.1 Å². The number of halogens is 3. The maximum atomic E-state index is 12.7. The summed E-state index contributed by atoms with van der Waals surface area (Å²) in [7, 11) is 1.45. The fourth-order valence-electron chi connectivity index (χ4n) is 1.40. The number of ether oxygens (including phenoxy) is 1. The van der Waals surface area contributed by atoms with Gasteiger partial charge in [-0.05, 0) is 12.1 Å². The van der Waals surface area contributed by atoms with E-state index in [1.165, 1.54) is 7.11 Å². The first-order valence-electron chi connectivity index (χ1n) is 4.42. The highest BCUT2D eigenvalue weighted by Crippen LogP contribution is 2.36. The van der Waals surface area contributed by atoms with E-state index in [1.807, 2.05) is 0 Å². The molecule has 0 spiro atoms. The second kappa shape index (κ2) is 5.42. The Balaban J connectivity index is 3.20. The topological polar surface area (TPSA) is 35.2 Å². The molecule has 1 atom stereocenters. The molecular weight excluding hydrogens is 268 g/mol. The SMILES string of the molecule is COc1cccc(Br)c1C(CN)C(F)F. The third kappa shape index (κ3) is 2.66. The van der Waals surface area contributed by atoms with Gasteiger partial charge in [-0.25, -0.2) is 8.78 Å². The summed E-state index contributed by atoms with van der Waals surface area (Å²) >= 11 is 3.23. The Morgan fingerprint density at radius 2 is 2.13 bits per heavy atom. The largest absolute Gasteiger partial charge is 0.496 e. The molecule has 1 aromatic carbocycles. The molecule has 5 heteroatoms. The average molecular weight is 280 g/mol. The molecule has 1 rings (SSSR count). The molecule has 0 aromatic heterocycles. The molecule has 0 aliphatic rings. The third-order valence-corrected chi connectivity index (χ3v) is 2.85. The molecule has 1 unspecified atom stereocenters. The number of alkyl halides is 2. The molecule has 0 bridgehead atoms. The van der Waals surface area contributed by atoms with Gasteiger partial charge in [-0.2, -0.15) is 0 Å². The Kier molecular flexibility index (Phi) is 4.47. The molecule has 0 radical (unpaired) electrons. The van der Waals surface area contributed by atoms with Gasteiger partial charge in [-0.3, -0.25) is 0 Å². The van der Waals surface area contributed by atoms with E-state index in [9.17, 15) is 8.78 Å². The van der Waals surface area contributed by atoms with Crippen LogP contribution in [0, 0.1) is 0 Å². The van der Waals surface area contributed by atoms with Gasteiger partial charge in [0.25, 0.3) is 0 Å². The molecule has 0 aliphatic carbocycles. The molecule has 0 fully saturated rings. The number of rotatable bonds is 4. The molecule has 0 amide bonds. The molecular formula is C10H12BrF2NO. The lowest BCUT2D eigenvalue weighted by Crippen LogP contribution is -2.20. The molecule has 0 heterocycles. The van der Waals surface area contributed by atoms with Gasteiger partial charge in [0.05, 0.1) is 13.0 Å². The quantitative estimate of drug-likeness (QED) is 0.920. The minimum atomic E-state index is -2.50. The standard InChI is InChI=1S/C10H12BrF2NO/c1-15-8-4-2-3-7(11)9(8)6(5-14)10(12)13/h2-4,6,10H,5,14H2,1H3. The summed E-state index contributed by atoms with van der Waals surface area (Å²) in [6, 6.07) is 5.07. The zero-order chi connectivity index (χ0) is 11.4. The summed E-state index contributed by atoms with van der Waals surface area (Å²) in [5.74, 6) is -0.573. The van der Waals surface area contributed by atoms with Gasteiger partial charge in [0, 0.05) is 16.6 Å². The zero-order valence-electron chi connectivity index (χ0n) is 8.21. The summed E-state index contributed by atoms with van der Waals surface area (Å²) < 4.78 is 31.1. The Bertz CT molecular complexity index is 333. The molecule has 15 heavy (non-hydrogen) atoms. The normalized spacial score (nSPS) is 12.9. The number of nitrogens with two attached hydrogens (primary N) is 1. The Morgan fingerprint density at radius 1 is 1.47 bits per heavy atom. The Labute approximate surface area is 95.5 Å². The molecule has 2 N–H and O–H groups in total. The number of hydrogen-bond acceptors (Lipinski definition) is 2. The van der Waals surface area contributed by atoms with Gasteiger partial charge in [0.2, 0.25) is 6.43 Å². The van der Waals surface area contributed by atoms with E-state index in [1.54, 1.807) is 18.2 Å². The van der Waals surface area contributed by atoms with Gasteiger partial charge in [-0.15, -0.1) is 0 Å². The highest BCUT2D eigenvalue weighted by Gasteiger charge is 2.26. The maximum Gasteiger partial charge on any atom is 0.246 e. The second-order valence-corrected chi connectivity index (χ2v) is 3.89. The van der Waals surface area contributed by atoms with Gasteiger partial charge in [0.15, 0.2) is 0 Å². The lowest BCUT2D eigenvalue weighted by molar-refractivity contribution is 0.115. The Morgan fingerprint density at radius 3 is 2.60 bits per heavy atom. The van der Waals surface area contributed by atoms with Gasteiger partial charge in [-0.1, -0.05) is 22.0 Å². The molecule has 0 saturated heterocycles. The average Bonchev–Trinajstić information content (AvgIpc) is 2.21. The van der Waals surface area contributed by atoms with Crippen LogP contribution in [0.4, 0.5) is 8.78 Å². The molecule has 0 saturated carbocycles. The van der Waals surface area contributed by atoms with E-state index in [4.69, 9.17) is 10.5 Å². The van der Waals surface area contributed by atoms with Crippen molar-refractivity contribution in [2.24, 2.45) is 5.73 Å². The van der Waals surface area contributed by atoms with Crippen molar-refractivity contribution in [3.63, 3.8) is 0 Å². The van der Waals surface area contributed by atoms with Gasteiger partial charge >= 0.3 is 0 Å². The zero-order valence-corrected chi connectivity index (χ0v) is 9.80. The first-order chi connectivity index (χ1) is 7.11. The van der Waals surface area contributed by atoms with Crippen molar-refractivity contribution in [1.82, 2.24) is 0 Å². The summed E-state index contributed by atoms with van der Waals surface area (Å²) in [5.41, 5.74) is 5.77. The van der Waals surface area contributed by atoms with Gasteiger partial charge < -0.3 is 10.5 Å². The van der Waals surface area contributed by atoms with Crippen LogP contribution in [0.3, 0.4) is 0 Å². The van der Waals surface area contributed by atoms with Crippen molar-refractivity contribution < 1.29 is 13.5 Å². The van der Waals surface area contributed by atoms with E-state index >= 15 is 0 Å². The summed E-state index contributed by atoms with van der Waals surface area (Å²) in [4.78, 5) is 0. The van der Waals surface area contributed by atoms with Crippen LogP contribution < -0.4 is 10.5 Å². The molecule has 1 aromatic rings. The number of methoxy groups -OCH3 is 1. The fourth-order valence-corrected chi connectivity index (χ4v) is 2.04. The second-order valence-electron chi connectivity index (χ2n) is 3.03. The number of hydrogen-bond donors (Lipinski definition) is 1. The van der Waals surface area contributed by atoms with Crippen LogP contribution in [-0.2, 0) is 0 Å². The maximum absolute atomic E-state index is 12.7. The van der Waals surface area contributed by atoms with Crippen molar-refractivity contribution in [3.05, 3.63) is 28.2 Å². The van der Waals surface area contributed by atoms with Gasteiger partial charge in [0.1, 0.15) is 5.75 Å². The molecule has 2 nitrogen and oxygen atoms in total. The lowest BCUT2D eigenvalue weighted by atomic mass is 9.99. The Hall–Kier alpha value is -0.680. The van der Waals surface area contributed by atoms with Crippen molar-refractivity contribution >= 4 is 15.9 Å². The van der Waals surface area contributed by atoms with E-state index in [0.29, 0.717) is 15.8 Å².